The second kappa shape index (κ2) is 10.2. The van der Waals surface area contributed by atoms with E-state index in [0.29, 0.717) is 18.0 Å². The zero-order valence-electron chi connectivity index (χ0n) is 19.6. The number of hydrogen-bond donors (Lipinski definition) is 2. The molecule has 1 aliphatic carbocycles. The highest BCUT2D eigenvalue weighted by Crippen LogP contribution is 2.44. The predicted octanol–water partition coefficient (Wildman–Crippen LogP) is 4.13. The Morgan fingerprint density at radius 3 is 2.48 bits per heavy atom. The largest absolute Gasteiger partial charge is 0.366 e. The van der Waals surface area contributed by atoms with Crippen molar-refractivity contribution in [1.29, 1.82) is 0 Å². The summed E-state index contributed by atoms with van der Waals surface area (Å²) in [5.74, 6) is 0.0239. The molecule has 6 nitrogen and oxygen atoms in total. The molecule has 3 aromatic rings. The second-order valence-corrected chi connectivity index (χ2v) is 9.06. The monoisotopic (exact) mass is 446 g/mol. The molecular weight excluding hydrogens is 412 g/mol. The first-order chi connectivity index (χ1) is 16.0. The lowest BCUT2D eigenvalue weighted by Crippen LogP contribution is -2.35. The Morgan fingerprint density at radius 2 is 1.82 bits per heavy atom. The summed E-state index contributed by atoms with van der Waals surface area (Å²) in [4.78, 5) is 27.0. The van der Waals surface area contributed by atoms with Crippen LogP contribution in [0.25, 0.3) is 22.2 Å². The van der Waals surface area contributed by atoms with E-state index >= 15 is 0 Å². The van der Waals surface area contributed by atoms with E-state index in [0.717, 1.165) is 41.5 Å². The average Bonchev–Trinajstić information content (AvgIpc) is 3.16. The van der Waals surface area contributed by atoms with E-state index in [1.54, 1.807) is 4.90 Å². The van der Waals surface area contributed by atoms with Crippen molar-refractivity contribution in [3.05, 3.63) is 59.7 Å². The Kier molecular flexibility index (Phi) is 7.14. The van der Waals surface area contributed by atoms with Crippen LogP contribution in [0.15, 0.2) is 48.5 Å². The molecule has 1 heterocycles. The number of carbonyl (C=O) groups excluding carboxylic acids is 2. The standard InChI is InChI=1S/C27H34N4O2/c1-29-15-16-30(2)24(32)18-31-23-17-21(27(28)33)13-14-22(23)25(19-9-5-3-6-10-19)26(31)20-11-7-4-8-12-20/h4,7-8,11-14,17,19,29H,3,5-6,9-10,15-16,18H2,1-2H3,(H2,28,33). The summed E-state index contributed by atoms with van der Waals surface area (Å²) in [6.45, 7) is 1.59. The van der Waals surface area contributed by atoms with E-state index in [4.69, 9.17) is 5.73 Å². The van der Waals surface area contributed by atoms with Gasteiger partial charge in [-0.3, -0.25) is 9.59 Å². The molecule has 0 unspecified atom stereocenters. The Bertz CT molecular complexity index is 1130. The predicted molar refractivity (Wildman–Crippen MR) is 133 cm³/mol. The lowest BCUT2D eigenvalue weighted by molar-refractivity contribution is -0.130. The SMILES string of the molecule is CNCCN(C)C(=O)Cn1c(-c2ccccc2)c(C2CCCCC2)c2ccc(C(N)=O)cc21. The van der Waals surface area contributed by atoms with E-state index < -0.39 is 5.91 Å². The number of fused-ring (bicyclic) bond motifs is 1. The molecule has 1 fully saturated rings. The Hall–Kier alpha value is -3.12. The van der Waals surface area contributed by atoms with Crippen LogP contribution in [-0.2, 0) is 11.3 Å². The van der Waals surface area contributed by atoms with E-state index in [-0.39, 0.29) is 12.5 Å². The van der Waals surface area contributed by atoms with E-state index in [9.17, 15) is 9.59 Å². The lowest BCUT2D eigenvalue weighted by Gasteiger charge is -2.24. The molecule has 2 aromatic carbocycles. The van der Waals surface area contributed by atoms with Gasteiger partial charge in [0.15, 0.2) is 0 Å². The fourth-order valence-corrected chi connectivity index (χ4v) is 5.07. The Balaban J connectivity index is 1.93. The third-order valence-corrected chi connectivity index (χ3v) is 6.87. The summed E-state index contributed by atoms with van der Waals surface area (Å²) in [6, 6.07) is 16.0. The van der Waals surface area contributed by atoms with Crippen molar-refractivity contribution in [1.82, 2.24) is 14.8 Å². The van der Waals surface area contributed by atoms with Crippen LogP contribution >= 0.6 is 0 Å². The smallest absolute Gasteiger partial charge is 0.248 e. The first kappa shape index (κ1) is 23.1. The normalized spacial score (nSPS) is 14.5. The summed E-state index contributed by atoms with van der Waals surface area (Å²) >= 11 is 0. The first-order valence-corrected chi connectivity index (χ1v) is 11.9. The first-order valence-electron chi connectivity index (χ1n) is 11.9. The van der Waals surface area contributed by atoms with Gasteiger partial charge in [0.1, 0.15) is 6.54 Å². The fraction of sp³-hybridized carbons (Fsp3) is 0.407. The minimum absolute atomic E-state index is 0.0407. The van der Waals surface area contributed by atoms with Gasteiger partial charge in [-0.1, -0.05) is 55.7 Å². The number of amides is 2. The van der Waals surface area contributed by atoms with Gasteiger partial charge < -0.3 is 20.5 Å². The third-order valence-electron chi connectivity index (χ3n) is 6.87. The van der Waals surface area contributed by atoms with E-state index in [1.807, 2.05) is 50.5 Å². The van der Waals surface area contributed by atoms with Crippen LogP contribution in [0, 0.1) is 0 Å². The summed E-state index contributed by atoms with van der Waals surface area (Å²) in [7, 11) is 3.72. The number of hydrogen-bond acceptors (Lipinski definition) is 3. The number of nitrogens with one attached hydrogen (secondary N) is 1. The van der Waals surface area contributed by atoms with Crippen molar-refractivity contribution in [3.8, 4) is 11.3 Å². The van der Waals surface area contributed by atoms with Crippen LogP contribution in [0.4, 0.5) is 0 Å². The molecule has 0 saturated heterocycles. The molecule has 1 aliphatic rings. The van der Waals surface area contributed by atoms with Crippen molar-refractivity contribution < 1.29 is 9.59 Å². The van der Waals surface area contributed by atoms with Crippen LogP contribution in [0.3, 0.4) is 0 Å². The molecule has 1 saturated carbocycles. The van der Waals surface area contributed by atoms with E-state index in [1.165, 1.54) is 24.8 Å². The van der Waals surface area contributed by atoms with E-state index in [2.05, 4.69) is 22.0 Å². The molecule has 0 atom stereocenters. The van der Waals surface area contributed by atoms with Gasteiger partial charge in [0.05, 0.1) is 11.2 Å². The molecule has 174 valence electrons. The molecule has 0 spiro atoms. The molecule has 1 aromatic heterocycles. The van der Waals surface area contributed by atoms with Crippen LogP contribution in [-0.4, -0.2) is 48.5 Å². The minimum atomic E-state index is -0.456. The average molecular weight is 447 g/mol. The number of likely N-dealkylation sites (N-methyl/N-ethyl adjacent to an activating group) is 2. The van der Waals surface area contributed by atoms with Gasteiger partial charge in [-0.05, 0) is 49.1 Å². The fourth-order valence-electron chi connectivity index (χ4n) is 5.07. The maximum Gasteiger partial charge on any atom is 0.248 e. The van der Waals surface area contributed by atoms with Crippen LogP contribution in [0.5, 0.6) is 0 Å². The molecular formula is C27H34N4O2. The maximum absolute atomic E-state index is 13.2. The highest BCUT2D eigenvalue weighted by Gasteiger charge is 2.28. The van der Waals surface area contributed by atoms with Crippen molar-refractivity contribution in [3.63, 3.8) is 0 Å². The number of carbonyl (C=O) groups is 2. The summed E-state index contributed by atoms with van der Waals surface area (Å²) < 4.78 is 2.11. The number of aromatic nitrogens is 1. The number of nitrogens with zero attached hydrogens (tertiary/aromatic N) is 2. The molecule has 6 heteroatoms. The van der Waals surface area contributed by atoms with Gasteiger partial charge >= 0.3 is 0 Å². The molecule has 3 N–H and O–H groups in total. The van der Waals surface area contributed by atoms with Crippen LogP contribution < -0.4 is 11.1 Å². The summed E-state index contributed by atoms with van der Waals surface area (Å²) in [5.41, 5.74) is 10.5. The number of rotatable bonds is 8. The molecule has 33 heavy (non-hydrogen) atoms. The highest BCUT2D eigenvalue weighted by atomic mass is 16.2. The van der Waals surface area contributed by atoms with Crippen LogP contribution in [0.1, 0.15) is 53.9 Å². The van der Waals surface area contributed by atoms with Crippen molar-refractivity contribution >= 4 is 22.7 Å². The summed E-state index contributed by atoms with van der Waals surface area (Å²) in [5, 5.41) is 4.22. The van der Waals surface area contributed by atoms with Crippen LogP contribution in [0.2, 0.25) is 0 Å². The van der Waals surface area contributed by atoms with Crippen molar-refractivity contribution in [2.24, 2.45) is 5.73 Å². The van der Waals surface area contributed by atoms with Crippen molar-refractivity contribution in [2.45, 2.75) is 44.6 Å². The van der Waals surface area contributed by atoms with Gasteiger partial charge in [-0.2, -0.15) is 0 Å². The van der Waals surface area contributed by atoms with Crippen molar-refractivity contribution in [2.75, 3.05) is 27.2 Å². The van der Waals surface area contributed by atoms with Gasteiger partial charge in [0.25, 0.3) is 0 Å². The molecule has 0 aliphatic heterocycles. The number of primary amides is 1. The molecule has 4 rings (SSSR count). The topological polar surface area (TPSA) is 80.4 Å². The lowest BCUT2D eigenvalue weighted by atomic mass is 9.82. The summed E-state index contributed by atoms with van der Waals surface area (Å²) in [6.07, 6.45) is 6.00. The molecule has 0 bridgehead atoms. The quantitative estimate of drug-likeness (QED) is 0.546. The van der Waals surface area contributed by atoms with Gasteiger partial charge in [-0.15, -0.1) is 0 Å². The molecule has 0 radical (unpaired) electrons. The number of benzene rings is 2. The maximum atomic E-state index is 13.2. The Labute approximate surface area is 195 Å². The number of nitrogens with two attached hydrogens (primary N) is 1. The van der Waals surface area contributed by atoms with Gasteiger partial charge in [-0.25, -0.2) is 0 Å². The second-order valence-electron chi connectivity index (χ2n) is 9.06. The van der Waals surface area contributed by atoms with Gasteiger partial charge in [0, 0.05) is 31.1 Å². The zero-order valence-corrected chi connectivity index (χ0v) is 19.6. The zero-order chi connectivity index (χ0) is 23.4. The minimum Gasteiger partial charge on any atom is -0.366 e. The highest BCUT2D eigenvalue weighted by molar-refractivity contribution is 6.00. The molecule has 2 amide bonds. The Morgan fingerprint density at radius 1 is 1.09 bits per heavy atom. The third kappa shape index (κ3) is 4.81. The van der Waals surface area contributed by atoms with Gasteiger partial charge in [0.2, 0.25) is 11.8 Å².